The molecule has 0 aromatic heterocycles. The first-order chi connectivity index (χ1) is 13.7. The molecule has 166 valence electrons. The molecule has 2 aliphatic heterocycles. The predicted octanol–water partition coefficient (Wildman–Crippen LogP) is 3.12. The molecular weight excluding hydrogens is 427 g/mol. The number of nitrogens with zero attached hydrogens (tertiary/aromatic N) is 2. The van der Waals surface area contributed by atoms with Gasteiger partial charge in [-0.1, -0.05) is 24.3 Å². The lowest BCUT2D eigenvalue weighted by atomic mass is 10.1. The van der Waals surface area contributed by atoms with E-state index in [1.165, 1.54) is 5.56 Å². The summed E-state index contributed by atoms with van der Waals surface area (Å²) in [5.41, 5.74) is 2.33. The number of aliphatic hydroxyl groups is 1. The van der Waals surface area contributed by atoms with Crippen LogP contribution in [-0.2, 0) is 6.54 Å². The van der Waals surface area contributed by atoms with Gasteiger partial charge >= 0.3 is 0 Å². The Morgan fingerprint density at radius 1 is 0.967 bits per heavy atom. The van der Waals surface area contributed by atoms with E-state index in [0.717, 1.165) is 55.5 Å². The van der Waals surface area contributed by atoms with Gasteiger partial charge in [0.2, 0.25) is 6.79 Å². The molecule has 8 heteroatoms. The van der Waals surface area contributed by atoms with Crippen molar-refractivity contribution in [2.75, 3.05) is 46.1 Å². The lowest BCUT2D eigenvalue weighted by Gasteiger charge is -2.35. The average molecular weight is 457 g/mol. The molecule has 1 unspecified atom stereocenters. The number of fused-ring (bicyclic) bond motifs is 1. The van der Waals surface area contributed by atoms with Crippen LogP contribution in [0.2, 0.25) is 0 Å². The third kappa shape index (κ3) is 6.40. The number of piperazine rings is 1. The zero-order chi connectivity index (χ0) is 19.3. The van der Waals surface area contributed by atoms with E-state index in [-0.39, 0.29) is 24.8 Å². The number of ether oxygens (including phenoxy) is 3. The van der Waals surface area contributed by atoms with E-state index in [1.807, 2.05) is 37.3 Å². The van der Waals surface area contributed by atoms with Crippen LogP contribution in [0.15, 0.2) is 42.5 Å². The van der Waals surface area contributed by atoms with E-state index >= 15 is 0 Å². The van der Waals surface area contributed by atoms with E-state index in [4.69, 9.17) is 14.2 Å². The van der Waals surface area contributed by atoms with Crippen molar-refractivity contribution in [1.29, 1.82) is 0 Å². The molecule has 1 atom stereocenters. The number of hydrogen-bond acceptors (Lipinski definition) is 6. The largest absolute Gasteiger partial charge is 0.491 e. The van der Waals surface area contributed by atoms with Gasteiger partial charge in [0, 0.05) is 39.3 Å². The maximum absolute atomic E-state index is 10.3. The van der Waals surface area contributed by atoms with Crippen LogP contribution in [0, 0.1) is 6.92 Å². The fourth-order valence-electron chi connectivity index (χ4n) is 3.68. The molecule has 0 spiro atoms. The quantitative estimate of drug-likeness (QED) is 0.690. The maximum atomic E-state index is 10.3. The Morgan fingerprint density at radius 3 is 2.43 bits per heavy atom. The zero-order valence-corrected chi connectivity index (χ0v) is 18.8. The van der Waals surface area contributed by atoms with Gasteiger partial charge in [0.05, 0.1) is 0 Å². The summed E-state index contributed by atoms with van der Waals surface area (Å²) < 4.78 is 16.6. The zero-order valence-electron chi connectivity index (χ0n) is 17.2. The number of β-amino-alcohol motifs (C(OH)–C–C–N with tert-alkyl or cyclic N) is 1. The van der Waals surface area contributed by atoms with E-state index in [2.05, 4.69) is 21.9 Å². The molecule has 2 heterocycles. The fourth-order valence-corrected chi connectivity index (χ4v) is 3.68. The van der Waals surface area contributed by atoms with Crippen molar-refractivity contribution in [1.82, 2.24) is 9.80 Å². The van der Waals surface area contributed by atoms with E-state index < -0.39 is 6.10 Å². The first kappa shape index (κ1) is 24.6. The Morgan fingerprint density at radius 2 is 1.67 bits per heavy atom. The van der Waals surface area contributed by atoms with Crippen LogP contribution in [0.3, 0.4) is 0 Å². The number of hydrogen-bond donors (Lipinski definition) is 1. The van der Waals surface area contributed by atoms with Crippen LogP contribution in [0.4, 0.5) is 0 Å². The number of aliphatic hydroxyl groups excluding tert-OH is 1. The van der Waals surface area contributed by atoms with Crippen molar-refractivity contribution in [2.45, 2.75) is 19.6 Å². The molecule has 4 rings (SSSR count). The molecule has 1 fully saturated rings. The second-order valence-corrected chi connectivity index (χ2v) is 7.49. The molecule has 0 amide bonds. The summed E-state index contributed by atoms with van der Waals surface area (Å²) in [6.07, 6.45) is -0.486. The summed E-state index contributed by atoms with van der Waals surface area (Å²) in [7, 11) is 0. The number of aryl methyl sites for hydroxylation is 1. The molecule has 30 heavy (non-hydrogen) atoms. The summed E-state index contributed by atoms with van der Waals surface area (Å²) in [5.74, 6) is 2.51. The standard InChI is InChI=1S/C22H28N2O4.2ClH/c1-17-4-2-3-5-20(17)26-15-19(25)14-24-10-8-23(9-11-24)13-18-6-7-21-22(12-18)28-16-27-21;;/h2-7,12,19,25H,8-11,13-16H2,1H3;2*1H. The van der Waals surface area contributed by atoms with Gasteiger partial charge in [0.15, 0.2) is 11.5 Å². The summed E-state index contributed by atoms with van der Waals surface area (Å²) in [4.78, 5) is 4.74. The minimum absolute atomic E-state index is 0. The highest BCUT2D eigenvalue weighted by molar-refractivity contribution is 5.85. The predicted molar refractivity (Wildman–Crippen MR) is 121 cm³/mol. The first-order valence-corrected chi connectivity index (χ1v) is 9.87. The van der Waals surface area contributed by atoms with Crippen LogP contribution >= 0.6 is 24.8 Å². The average Bonchev–Trinajstić information content (AvgIpc) is 3.17. The lowest BCUT2D eigenvalue weighted by Crippen LogP contribution is -2.48. The van der Waals surface area contributed by atoms with Crippen molar-refractivity contribution in [2.24, 2.45) is 0 Å². The van der Waals surface area contributed by atoms with Gasteiger partial charge in [-0.05, 0) is 36.2 Å². The third-order valence-electron chi connectivity index (χ3n) is 5.30. The van der Waals surface area contributed by atoms with Crippen molar-refractivity contribution in [3.8, 4) is 17.2 Å². The molecule has 2 aromatic rings. The Hall–Kier alpha value is -1.70. The molecule has 6 nitrogen and oxygen atoms in total. The normalized spacial score (nSPS) is 17.0. The number of halogens is 2. The second kappa shape index (κ2) is 11.6. The van der Waals surface area contributed by atoms with Crippen molar-refractivity contribution < 1.29 is 19.3 Å². The summed E-state index contributed by atoms with van der Waals surface area (Å²) in [6.45, 7) is 8.07. The van der Waals surface area contributed by atoms with Gasteiger partial charge in [-0.15, -0.1) is 24.8 Å². The highest BCUT2D eigenvalue weighted by Crippen LogP contribution is 2.32. The maximum Gasteiger partial charge on any atom is 0.231 e. The Labute approximate surface area is 190 Å². The molecule has 1 N–H and O–H groups in total. The smallest absolute Gasteiger partial charge is 0.231 e. The molecule has 0 saturated carbocycles. The van der Waals surface area contributed by atoms with E-state index in [9.17, 15) is 5.11 Å². The SMILES string of the molecule is Cc1ccccc1OCC(O)CN1CCN(Cc2ccc3c(c2)OCO3)CC1.Cl.Cl. The number of para-hydroxylation sites is 1. The molecule has 1 saturated heterocycles. The van der Waals surface area contributed by atoms with Gasteiger partial charge < -0.3 is 19.3 Å². The molecule has 0 bridgehead atoms. The highest BCUT2D eigenvalue weighted by Gasteiger charge is 2.21. The Kier molecular flexibility index (Phi) is 9.52. The van der Waals surface area contributed by atoms with Gasteiger partial charge in [-0.3, -0.25) is 9.80 Å². The molecule has 0 radical (unpaired) electrons. The van der Waals surface area contributed by atoms with Gasteiger partial charge in [-0.2, -0.15) is 0 Å². The van der Waals surface area contributed by atoms with Gasteiger partial charge in [0.25, 0.3) is 0 Å². The summed E-state index contributed by atoms with van der Waals surface area (Å²) >= 11 is 0. The van der Waals surface area contributed by atoms with Gasteiger partial charge in [0.1, 0.15) is 18.5 Å². The van der Waals surface area contributed by atoms with Crippen molar-refractivity contribution in [3.63, 3.8) is 0 Å². The van der Waals surface area contributed by atoms with Crippen LogP contribution in [0.25, 0.3) is 0 Å². The topological polar surface area (TPSA) is 54.4 Å². The van der Waals surface area contributed by atoms with Crippen LogP contribution in [-0.4, -0.2) is 67.1 Å². The Balaban J connectivity index is 0.00000160. The van der Waals surface area contributed by atoms with Crippen LogP contribution < -0.4 is 14.2 Å². The van der Waals surface area contributed by atoms with Crippen LogP contribution in [0.1, 0.15) is 11.1 Å². The van der Waals surface area contributed by atoms with Crippen molar-refractivity contribution >= 4 is 24.8 Å². The monoisotopic (exact) mass is 456 g/mol. The number of benzene rings is 2. The molecule has 2 aliphatic rings. The van der Waals surface area contributed by atoms with E-state index in [1.54, 1.807) is 0 Å². The fraction of sp³-hybridized carbons (Fsp3) is 0.455. The highest BCUT2D eigenvalue weighted by atomic mass is 35.5. The molecular formula is C22H30Cl2N2O4. The van der Waals surface area contributed by atoms with Crippen LogP contribution in [0.5, 0.6) is 17.2 Å². The van der Waals surface area contributed by atoms with Gasteiger partial charge in [-0.25, -0.2) is 0 Å². The Bertz CT molecular complexity index is 800. The second-order valence-electron chi connectivity index (χ2n) is 7.49. The number of rotatable bonds is 7. The first-order valence-electron chi connectivity index (χ1n) is 9.87. The molecule has 2 aromatic carbocycles. The summed E-state index contributed by atoms with van der Waals surface area (Å²) in [6, 6.07) is 14.1. The minimum Gasteiger partial charge on any atom is -0.491 e. The summed E-state index contributed by atoms with van der Waals surface area (Å²) in [5, 5.41) is 10.3. The molecule has 0 aliphatic carbocycles. The van der Waals surface area contributed by atoms with E-state index in [0.29, 0.717) is 19.9 Å². The van der Waals surface area contributed by atoms with Crippen molar-refractivity contribution in [3.05, 3.63) is 53.6 Å². The lowest BCUT2D eigenvalue weighted by molar-refractivity contribution is 0.0445. The third-order valence-corrected chi connectivity index (χ3v) is 5.30. The minimum atomic E-state index is -0.486.